The smallest absolute Gasteiger partial charge is 0.255 e. The number of nitrogens with zero attached hydrogens (tertiary/aromatic N) is 5. The van der Waals surface area contributed by atoms with Crippen LogP contribution in [-0.4, -0.2) is 61.3 Å². The van der Waals surface area contributed by atoms with E-state index >= 15 is 0 Å². The molecule has 1 atom stereocenters. The Morgan fingerprint density at radius 1 is 1.08 bits per heavy atom. The van der Waals surface area contributed by atoms with E-state index in [-0.39, 0.29) is 18.6 Å². The number of hydrogen-bond acceptors (Lipinski definition) is 7. The Kier molecular flexibility index (Phi) is 8.73. The van der Waals surface area contributed by atoms with Crippen LogP contribution in [0.15, 0.2) is 79.0 Å². The van der Waals surface area contributed by atoms with Crippen LogP contribution in [0, 0.1) is 11.6 Å². The fraction of sp³-hybridized carbons (Fsp3) is 0.243. The average Bonchev–Trinajstić information content (AvgIpc) is 3.71. The lowest BCUT2D eigenvalue weighted by molar-refractivity contribution is -0.0591. The summed E-state index contributed by atoms with van der Waals surface area (Å²) >= 11 is 5.87. The summed E-state index contributed by atoms with van der Waals surface area (Å²) in [4.78, 5) is 25.2. The van der Waals surface area contributed by atoms with E-state index in [9.17, 15) is 13.6 Å². The highest BCUT2D eigenvalue weighted by Gasteiger charge is 2.24. The third-order valence-electron chi connectivity index (χ3n) is 9.13. The molecular weight excluding hydrogens is 664 g/mol. The highest BCUT2D eigenvalue weighted by atomic mass is 35.5. The minimum Gasteiger partial charge on any atom is -0.473 e. The highest BCUT2D eigenvalue weighted by Crippen LogP contribution is 2.28. The first-order valence-electron chi connectivity index (χ1n) is 16.4. The maximum atomic E-state index is 14.5. The van der Waals surface area contributed by atoms with Crippen LogP contribution < -0.4 is 10.1 Å². The van der Waals surface area contributed by atoms with Crippen molar-refractivity contribution in [3.63, 3.8) is 0 Å². The first-order chi connectivity index (χ1) is 24.4. The van der Waals surface area contributed by atoms with Crippen LogP contribution in [0.1, 0.15) is 40.3 Å². The SMILES string of the molecule is O=C(Nc1cc(F)c2[nH]ncc2c1)c1ccc2c(c1)nc(CN1CC=C(c3cccc(OCc4ccc(Cl)cc4F)n3)CC1)n2C[C@@H]1CCO1. The zero-order chi connectivity index (χ0) is 34.2. The lowest BCUT2D eigenvalue weighted by Gasteiger charge is -2.29. The van der Waals surface area contributed by atoms with E-state index in [0.717, 1.165) is 48.6 Å². The molecule has 1 saturated heterocycles. The molecule has 0 aliphatic carbocycles. The van der Waals surface area contributed by atoms with Crippen LogP contribution in [0.2, 0.25) is 5.02 Å². The summed E-state index contributed by atoms with van der Waals surface area (Å²) in [6.07, 6.45) is 5.56. The monoisotopic (exact) mass is 695 g/mol. The summed E-state index contributed by atoms with van der Waals surface area (Å²) in [6, 6.07) is 18.5. The zero-order valence-electron chi connectivity index (χ0n) is 26.8. The van der Waals surface area contributed by atoms with Crippen molar-refractivity contribution < 1.29 is 23.0 Å². The molecule has 2 aliphatic rings. The zero-order valence-corrected chi connectivity index (χ0v) is 27.6. The molecule has 1 amide bonds. The molecular formula is C37H32ClF2N7O3. The second kappa shape index (κ2) is 13.6. The predicted octanol–water partition coefficient (Wildman–Crippen LogP) is 7.15. The van der Waals surface area contributed by atoms with Gasteiger partial charge in [0.15, 0.2) is 5.82 Å². The molecule has 0 spiro atoms. The quantitative estimate of drug-likeness (QED) is 0.157. The maximum Gasteiger partial charge on any atom is 0.255 e. The van der Waals surface area contributed by atoms with Gasteiger partial charge in [-0.15, -0.1) is 0 Å². The van der Waals surface area contributed by atoms with Gasteiger partial charge >= 0.3 is 0 Å². The Morgan fingerprint density at radius 3 is 2.78 bits per heavy atom. The molecule has 3 aromatic heterocycles. The van der Waals surface area contributed by atoms with Gasteiger partial charge in [0.25, 0.3) is 5.91 Å². The first-order valence-corrected chi connectivity index (χ1v) is 16.7. The summed E-state index contributed by atoms with van der Waals surface area (Å²) in [5, 5.41) is 10.2. The van der Waals surface area contributed by atoms with Gasteiger partial charge in [0.1, 0.15) is 23.8 Å². The Morgan fingerprint density at radius 2 is 1.98 bits per heavy atom. The predicted molar refractivity (Wildman–Crippen MR) is 186 cm³/mol. The molecule has 3 aromatic carbocycles. The number of ether oxygens (including phenoxy) is 2. The first kappa shape index (κ1) is 32.1. The molecule has 254 valence electrons. The molecule has 2 aliphatic heterocycles. The topological polar surface area (TPSA) is 110 Å². The van der Waals surface area contributed by atoms with E-state index < -0.39 is 11.6 Å². The van der Waals surface area contributed by atoms with Crippen LogP contribution in [0.5, 0.6) is 5.88 Å². The molecule has 8 rings (SSSR count). The molecule has 1 fully saturated rings. The maximum absolute atomic E-state index is 14.5. The number of fused-ring (bicyclic) bond motifs is 2. The van der Waals surface area contributed by atoms with Gasteiger partial charge in [-0.3, -0.25) is 14.8 Å². The second-order valence-corrected chi connectivity index (χ2v) is 12.9. The fourth-order valence-electron chi connectivity index (χ4n) is 6.32. The Balaban J connectivity index is 0.968. The van der Waals surface area contributed by atoms with E-state index in [2.05, 4.69) is 36.0 Å². The van der Waals surface area contributed by atoms with Crippen LogP contribution >= 0.6 is 11.6 Å². The number of H-pyrrole nitrogens is 1. The lowest BCUT2D eigenvalue weighted by Crippen LogP contribution is -2.33. The third-order valence-corrected chi connectivity index (χ3v) is 9.36. The number of amides is 1. The van der Waals surface area contributed by atoms with Crippen molar-refractivity contribution in [3.8, 4) is 5.88 Å². The van der Waals surface area contributed by atoms with Crippen molar-refractivity contribution in [2.45, 2.75) is 38.6 Å². The minimum atomic E-state index is -0.492. The molecule has 0 unspecified atom stereocenters. The van der Waals surface area contributed by atoms with Crippen molar-refractivity contribution in [2.75, 3.05) is 25.0 Å². The third kappa shape index (κ3) is 6.69. The number of carbonyl (C=O) groups excluding carboxylic acids is 1. The molecule has 50 heavy (non-hydrogen) atoms. The number of anilines is 1. The Labute approximate surface area is 290 Å². The molecule has 10 nitrogen and oxygen atoms in total. The molecule has 0 radical (unpaired) electrons. The van der Waals surface area contributed by atoms with Crippen LogP contribution in [0.3, 0.4) is 0 Å². The largest absolute Gasteiger partial charge is 0.473 e. The van der Waals surface area contributed by atoms with Gasteiger partial charge in [0.2, 0.25) is 5.88 Å². The fourth-order valence-corrected chi connectivity index (χ4v) is 6.48. The van der Waals surface area contributed by atoms with E-state index in [1.54, 1.807) is 36.4 Å². The summed E-state index contributed by atoms with van der Waals surface area (Å²) in [5.41, 5.74) is 5.03. The van der Waals surface area contributed by atoms with Crippen LogP contribution in [0.25, 0.3) is 27.5 Å². The van der Waals surface area contributed by atoms with Gasteiger partial charge in [0, 0.05) is 53.0 Å². The summed E-state index contributed by atoms with van der Waals surface area (Å²) in [5.74, 6) is 0.0445. The molecule has 0 bridgehead atoms. The van der Waals surface area contributed by atoms with E-state index in [1.165, 1.54) is 18.3 Å². The highest BCUT2D eigenvalue weighted by molar-refractivity contribution is 6.30. The number of halogens is 3. The van der Waals surface area contributed by atoms with Crippen molar-refractivity contribution >= 4 is 50.7 Å². The van der Waals surface area contributed by atoms with Gasteiger partial charge in [-0.25, -0.2) is 18.7 Å². The van der Waals surface area contributed by atoms with E-state index in [1.807, 2.05) is 18.2 Å². The van der Waals surface area contributed by atoms with Crippen molar-refractivity contribution in [1.82, 2.24) is 29.6 Å². The minimum absolute atomic E-state index is 0.0492. The van der Waals surface area contributed by atoms with Crippen molar-refractivity contribution in [2.24, 2.45) is 0 Å². The number of aromatic amines is 1. The van der Waals surface area contributed by atoms with E-state index in [0.29, 0.717) is 63.8 Å². The van der Waals surface area contributed by atoms with Crippen LogP contribution in [0.4, 0.5) is 14.5 Å². The average molecular weight is 696 g/mol. The molecule has 5 heterocycles. The number of hydrogen-bond donors (Lipinski definition) is 2. The van der Waals surface area contributed by atoms with Gasteiger partial charge in [-0.1, -0.05) is 29.8 Å². The van der Waals surface area contributed by atoms with Gasteiger partial charge in [-0.05, 0) is 66.9 Å². The molecule has 0 saturated carbocycles. The van der Waals surface area contributed by atoms with Crippen molar-refractivity contribution in [1.29, 1.82) is 0 Å². The van der Waals surface area contributed by atoms with Gasteiger partial charge < -0.3 is 19.4 Å². The number of benzene rings is 3. The Hall–Kier alpha value is -5.17. The Bertz CT molecular complexity index is 2270. The second-order valence-electron chi connectivity index (χ2n) is 12.5. The summed E-state index contributed by atoms with van der Waals surface area (Å²) in [7, 11) is 0. The number of pyridine rings is 1. The number of aromatic nitrogens is 5. The van der Waals surface area contributed by atoms with E-state index in [4.69, 9.17) is 26.1 Å². The number of carbonyl (C=O) groups is 1. The lowest BCUT2D eigenvalue weighted by atomic mass is 10.0. The molecule has 2 N–H and O–H groups in total. The van der Waals surface area contributed by atoms with Gasteiger partial charge in [-0.2, -0.15) is 5.10 Å². The normalized spacial score (nSPS) is 16.4. The standard InChI is InChI=1S/C37H32ClF2N7O3/c38-26-6-4-24(29(39)16-26)21-50-35-3-1-2-31(44-35)22-8-11-46(12-9-22)20-34-43-32-15-23(5-7-33(32)47(34)19-28-10-13-49-28)37(48)42-27-14-25-18-41-45-36(25)30(40)17-27/h1-8,14-18,28H,9-13,19-21H2,(H,41,45)(H,42,48)/t28-/m0/s1. The number of nitrogens with one attached hydrogen (secondary N) is 2. The van der Waals surface area contributed by atoms with Crippen LogP contribution in [-0.2, 0) is 24.4 Å². The van der Waals surface area contributed by atoms with Crippen molar-refractivity contribution in [3.05, 3.63) is 118 Å². The summed E-state index contributed by atoms with van der Waals surface area (Å²) < 4.78 is 42.4. The molecule has 13 heteroatoms. The number of rotatable bonds is 10. The molecule has 6 aromatic rings. The van der Waals surface area contributed by atoms with Gasteiger partial charge in [0.05, 0.1) is 42.1 Å². The summed E-state index contributed by atoms with van der Waals surface area (Å²) in [6.45, 7) is 3.58. The number of imidazole rings is 1.